The molecule has 1 aromatic carbocycles. The van der Waals surface area contributed by atoms with Crippen molar-refractivity contribution < 1.29 is 0 Å². The normalized spacial score (nSPS) is 24.8. The lowest BCUT2D eigenvalue weighted by atomic mass is 9.87. The first kappa shape index (κ1) is 15.9. The van der Waals surface area contributed by atoms with E-state index in [4.69, 9.17) is 4.99 Å². The first-order valence-corrected chi connectivity index (χ1v) is 9.53. The molecule has 0 bridgehead atoms. The molecule has 1 fully saturated rings. The van der Waals surface area contributed by atoms with Crippen LogP contribution in [0.25, 0.3) is 10.9 Å². The van der Waals surface area contributed by atoms with Crippen LogP contribution in [0.5, 0.6) is 0 Å². The van der Waals surface area contributed by atoms with Gasteiger partial charge in [-0.05, 0) is 31.9 Å². The third-order valence-electron chi connectivity index (χ3n) is 5.73. The largest absolute Gasteiger partial charge is 0.357 e. The quantitative estimate of drug-likeness (QED) is 0.849. The van der Waals surface area contributed by atoms with E-state index in [-0.39, 0.29) is 0 Å². The molecule has 0 spiro atoms. The Kier molecular flexibility index (Phi) is 4.21. The molecule has 1 aromatic heterocycles. The number of para-hydroxylation sites is 1. The molecule has 24 heavy (non-hydrogen) atoms. The molecule has 4 rings (SSSR count). The van der Waals surface area contributed by atoms with Crippen molar-refractivity contribution in [3.05, 3.63) is 35.5 Å². The van der Waals surface area contributed by atoms with Crippen LogP contribution in [0.3, 0.4) is 0 Å². The average Bonchev–Trinajstić information content (AvgIpc) is 2.93. The summed E-state index contributed by atoms with van der Waals surface area (Å²) in [6, 6.07) is 9.64. The summed E-state index contributed by atoms with van der Waals surface area (Å²) >= 11 is 0. The second-order valence-electron chi connectivity index (χ2n) is 7.93. The molecule has 0 radical (unpaired) electrons. The number of nitrogens with one attached hydrogen (secondary N) is 1. The zero-order valence-corrected chi connectivity index (χ0v) is 15.2. The van der Waals surface area contributed by atoms with Crippen LogP contribution in [0.1, 0.15) is 57.2 Å². The van der Waals surface area contributed by atoms with Crippen LogP contribution in [0.2, 0.25) is 0 Å². The fourth-order valence-electron chi connectivity index (χ4n) is 4.69. The number of fused-ring (bicyclic) bond motifs is 3. The summed E-state index contributed by atoms with van der Waals surface area (Å²) in [5, 5.41) is 1.35. The lowest BCUT2D eigenvalue weighted by Gasteiger charge is -2.37. The van der Waals surface area contributed by atoms with Gasteiger partial charge in [0.1, 0.15) is 0 Å². The second-order valence-corrected chi connectivity index (χ2v) is 7.93. The minimum atomic E-state index is 0.415. The van der Waals surface area contributed by atoms with Crippen LogP contribution in [-0.2, 0) is 6.54 Å². The van der Waals surface area contributed by atoms with Crippen molar-refractivity contribution in [3.63, 3.8) is 0 Å². The predicted octanol–water partition coefficient (Wildman–Crippen LogP) is 4.76. The minimum Gasteiger partial charge on any atom is -0.357 e. The van der Waals surface area contributed by atoms with Gasteiger partial charge < -0.3 is 4.98 Å². The summed E-state index contributed by atoms with van der Waals surface area (Å²) in [6.07, 6.45) is 6.58. The first-order chi connectivity index (χ1) is 11.6. The molecule has 0 amide bonds. The molecule has 1 unspecified atom stereocenters. The Morgan fingerprint density at radius 3 is 2.62 bits per heavy atom. The fourth-order valence-corrected chi connectivity index (χ4v) is 4.69. The van der Waals surface area contributed by atoms with Gasteiger partial charge in [-0.2, -0.15) is 0 Å². The van der Waals surface area contributed by atoms with Crippen molar-refractivity contribution in [1.29, 1.82) is 0 Å². The van der Waals surface area contributed by atoms with Gasteiger partial charge in [0.2, 0.25) is 0 Å². The Morgan fingerprint density at radius 1 is 1.12 bits per heavy atom. The molecule has 1 N–H and O–H groups in total. The van der Waals surface area contributed by atoms with Crippen LogP contribution in [-0.4, -0.2) is 34.7 Å². The van der Waals surface area contributed by atoms with Gasteiger partial charge in [0.15, 0.2) is 0 Å². The molecule has 1 aliphatic heterocycles. The van der Waals surface area contributed by atoms with Crippen LogP contribution >= 0.6 is 0 Å². The Hall–Kier alpha value is -1.61. The molecule has 128 valence electrons. The molecule has 3 heteroatoms. The fraction of sp³-hybridized carbons (Fsp3) is 0.571. The predicted molar refractivity (Wildman–Crippen MR) is 102 cm³/mol. The average molecular weight is 323 g/mol. The highest BCUT2D eigenvalue weighted by molar-refractivity contribution is 6.15. The van der Waals surface area contributed by atoms with Crippen LogP contribution in [0.15, 0.2) is 29.3 Å². The summed E-state index contributed by atoms with van der Waals surface area (Å²) in [5.41, 5.74) is 5.31. The van der Waals surface area contributed by atoms with E-state index >= 15 is 0 Å². The number of likely N-dealkylation sites (N-methyl/N-ethyl adjacent to an activating group) is 1. The Balaban J connectivity index is 1.87. The van der Waals surface area contributed by atoms with E-state index in [9.17, 15) is 0 Å². The van der Waals surface area contributed by atoms with Crippen LogP contribution < -0.4 is 0 Å². The van der Waals surface area contributed by atoms with E-state index in [1.165, 1.54) is 60.0 Å². The van der Waals surface area contributed by atoms with Crippen LogP contribution in [0.4, 0.5) is 0 Å². The molecular formula is C21H29N3. The minimum absolute atomic E-state index is 0.415. The SMILES string of the molecule is CC(C)C1C(=NC2CCCCC2)c2c([nH]c3ccccc23)CN1C. The lowest BCUT2D eigenvalue weighted by Crippen LogP contribution is -2.46. The topological polar surface area (TPSA) is 31.4 Å². The van der Waals surface area contributed by atoms with Crippen molar-refractivity contribution in [2.45, 2.75) is 64.6 Å². The number of aromatic nitrogens is 1. The third kappa shape index (κ3) is 2.69. The summed E-state index contributed by atoms with van der Waals surface area (Å²) < 4.78 is 0. The standard InChI is InChI=1S/C21H29N3/c1-14(2)21-20(22-15-9-5-4-6-10-15)19-16-11-7-8-12-17(16)23-18(19)13-24(21)3/h7-8,11-12,14-15,21,23H,4-6,9-10,13H2,1-3H3. The first-order valence-electron chi connectivity index (χ1n) is 9.53. The highest BCUT2D eigenvalue weighted by Crippen LogP contribution is 2.33. The molecule has 2 aromatic rings. The van der Waals surface area contributed by atoms with Crippen molar-refractivity contribution in [2.24, 2.45) is 10.9 Å². The number of aliphatic imine (C=N–C) groups is 1. The van der Waals surface area contributed by atoms with Crippen molar-refractivity contribution >= 4 is 16.6 Å². The van der Waals surface area contributed by atoms with Gasteiger partial charge in [-0.3, -0.25) is 9.89 Å². The Labute approximate surface area is 145 Å². The molecule has 3 nitrogen and oxygen atoms in total. The number of rotatable bonds is 2. The summed E-state index contributed by atoms with van der Waals surface area (Å²) in [5.74, 6) is 0.569. The van der Waals surface area contributed by atoms with E-state index in [1.54, 1.807) is 0 Å². The van der Waals surface area contributed by atoms with Gasteiger partial charge in [0.25, 0.3) is 0 Å². The maximum absolute atomic E-state index is 5.37. The van der Waals surface area contributed by atoms with Gasteiger partial charge in [0.05, 0.1) is 17.8 Å². The number of benzene rings is 1. The van der Waals surface area contributed by atoms with Gasteiger partial charge >= 0.3 is 0 Å². The summed E-state index contributed by atoms with van der Waals surface area (Å²) in [7, 11) is 2.25. The zero-order chi connectivity index (χ0) is 16.7. The van der Waals surface area contributed by atoms with Crippen molar-refractivity contribution in [3.8, 4) is 0 Å². The van der Waals surface area contributed by atoms with Gasteiger partial charge in [-0.15, -0.1) is 0 Å². The van der Waals surface area contributed by atoms with E-state index in [1.807, 2.05) is 0 Å². The van der Waals surface area contributed by atoms with E-state index in [2.05, 4.69) is 55.0 Å². The lowest BCUT2D eigenvalue weighted by molar-refractivity contribution is 0.231. The number of H-pyrrole nitrogens is 1. The van der Waals surface area contributed by atoms with Gasteiger partial charge in [0, 0.05) is 28.7 Å². The van der Waals surface area contributed by atoms with E-state index in [0.29, 0.717) is 18.0 Å². The highest BCUT2D eigenvalue weighted by Gasteiger charge is 2.34. The molecule has 1 atom stereocenters. The second kappa shape index (κ2) is 6.36. The monoisotopic (exact) mass is 323 g/mol. The van der Waals surface area contributed by atoms with Gasteiger partial charge in [-0.25, -0.2) is 0 Å². The molecule has 2 heterocycles. The maximum Gasteiger partial charge on any atom is 0.0623 e. The highest BCUT2D eigenvalue weighted by atomic mass is 15.2. The van der Waals surface area contributed by atoms with E-state index < -0.39 is 0 Å². The van der Waals surface area contributed by atoms with E-state index in [0.717, 1.165) is 6.54 Å². The van der Waals surface area contributed by atoms with Crippen molar-refractivity contribution in [1.82, 2.24) is 9.88 Å². The zero-order valence-electron chi connectivity index (χ0n) is 15.2. The molecular weight excluding hydrogens is 294 g/mol. The van der Waals surface area contributed by atoms with Crippen molar-refractivity contribution in [2.75, 3.05) is 7.05 Å². The smallest absolute Gasteiger partial charge is 0.0623 e. The molecule has 1 aliphatic carbocycles. The molecule has 1 saturated carbocycles. The van der Waals surface area contributed by atoms with Crippen LogP contribution in [0, 0.1) is 5.92 Å². The summed E-state index contributed by atoms with van der Waals surface area (Å²) in [4.78, 5) is 11.5. The summed E-state index contributed by atoms with van der Waals surface area (Å²) in [6.45, 7) is 5.64. The number of hydrogen-bond acceptors (Lipinski definition) is 2. The maximum atomic E-state index is 5.37. The number of aromatic amines is 1. The number of hydrogen-bond donors (Lipinski definition) is 1. The third-order valence-corrected chi connectivity index (χ3v) is 5.73. The molecule has 0 saturated heterocycles. The number of nitrogens with zero attached hydrogens (tertiary/aromatic N) is 2. The Morgan fingerprint density at radius 2 is 1.88 bits per heavy atom. The molecule has 2 aliphatic rings. The van der Waals surface area contributed by atoms with Gasteiger partial charge in [-0.1, -0.05) is 51.3 Å². The Bertz CT molecular complexity index is 750.